The fraction of sp³-hybridized carbons (Fsp3) is 0.857. The van der Waals surface area contributed by atoms with Gasteiger partial charge in [-0.2, -0.15) is 0 Å². The second-order valence-corrected chi connectivity index (χ2v) is 6.07. The van der Waals surface area contributed by atoms with Crippen molar-refractivity contribution in [2.45, 2.75) is 69.0 Å². The van der Waals surface area contributed by atoms with Crippen LogP contribution in [0.4, 0.5) is 0 Å². The third kappa shape index (κ3) is 15.6. The standard InChI is InChI=1S/C14H24Cl2O4/c15-12(16)11-20-14(19)10-8-6-4-2-1-3-5-7-9-13(17)18/h12H,1-11H2,(H,17,18). The van der Waals surface area contributed by atoms with Crippen LogP contribution in [0.5, 0.6) is 0 Å². The highest BCUT2D eigenvalue weighted by Gasteiger charge is 2.05. The first-order valence-electron chi connectivity index (χ1n) is 7.18. The van der Waals surface area contributed by atoms with Crippen LogP contribution < -0.4 is 0 Å². The quantitative estimate of drug-likeness (QED) is 0.311. The Morgan fingerprint density at radius 1 is 0.850 bits per heavy atom. The Balaban J connectivity index is 3.16. The number of carbonyl (C=O) groups is 2. The maximum atomic E-state index is 11.2. The van der Waals surface area contributed by atoms with Crippen LogP contribution in [0.1, 0.15) is 64.2 Å². The lowest BCUT2D eigenvalue weighted by Gasteiger charge is -2.05. The van der Waals surface area contributed by atoms with Gasteiger partial charge in [-0.3, -0.25) is 9.59 Å². The van der Waals surface area contributed by atoms with Gasteiger partial charge in [0.05, 0.1) is 0 Å². The molecule has 118 valence electrons. The van der Waals surface area contributed by atoms with E-state index in [1.54, 1.807) is 0 Å². The number of carbonyl (C=O) groups excluding carboxylic acids is 1. The summed E-state index contributed by atoms with van der Waals surface area (Å²) in [6.07, 6.45) is 8.72. The summed E-state index contributed by atoms with van der Waals surface area (Å²) >= 11 is 10.9. The SMILES string of the molecule is O=C(O)CCCCCCCCCCC(=O)OCC(Cl)Cl. The second kappa shape index (κ2) is 13.5. The van der Waals surface area contributed by atoms with Gasteiger partial charge in [0.25, 0.3) is 0 Å². The van der Waals surface area contributed by atoms with Crippen molar-refractivity contribution in [1.29, 1.82) is 0 Å². The zero-order valence-electron chi connectivity index (χ0n) is 11.8. The Bertz CT molecular complexity index is 270. The van der Waals surface area contributed by atoms with E-state index in [1.807, 2.05) is 0 Å². The number of carboxylic acid groups (broad SMARTS) is 1. The van der Waals surface area contributed by atoms with Crippen LogP contribution in [-0.4, -0.2) is 28.5 Å². The van der Waals surface area contributed by atoms with Gasteiger partial charge in [-0.05, 0) is 12.8 Å². The highest BCUT2D eigenvalue weighted by Crippen LogP contribution is 2.11. The van der Waals surface area contributed by atoms with E-state index in [1.165, 1.54) is 0 Å². The summed E-state index contributed by atoms with van der Waals surface area (Å²) in [5, 5.41) is 8.47. The van der Waals surface area contributed by atoms with E-state index in [9.17, 15) is 9.59 Å². The molecule has 0 aromatic rings. The molecule has 1 N–H and O–H groups in total. The van der Waals surface area contributed by atoms with Crippen molar-refractivity contribution in [2.75, 3.05) is 6.61 Å². The topological polar surface area (TPSA) is 63.6 Å². The minimum Gasteiger partial charge on any atom is -0.481 e. The van der Waals surface area contributed by atoms with Crippen molar-refractivity contribution in [1.82, 2.24) is 0 Å². The fourth-order valence-corrected chi connectivity index (χ4v) is 1.96. The number of hydrogen-bond donors (Lipinski definition) is 1. The Labute approximate surface area is 130 Å². The van der Waals surface area contributed by atoms with Crippen LogP contribution in [-0.2, 0) is 14.3 Å². The predicted octanol–water partition coefficient (Wildman–Crippen LogP) is 4.32. The molecule has 20 heavy (non-hydrogen) atoms. The lowest BCUT2D eigenvalue weighted by atomic mass is 10.1. The molecule has 0 aromatic heterocycles. The average Bonchev–Trinajstić information content (AvgIpc) is 2.38. The summed E-state index contributed by atoms with van der Waals surface area (Å²) in [5.74, 6) is -0.962. The number of rotatable bonds is 13. The normalized spacial score (nSPS) is 10.8. The number of ether oxygens (including phenoxy) is 1. The lowest BCUT2D eigenvalue weighted by molar-refractivity contribution is -0.143. The first kappa shape index (κ1) is 19.5. The summed E-state index contributed by atoms with van der Waals surface area (Å²) in [6.45, 7) is 0.0539. The lowest BCUT2D eigenvalue weighted by Crippen LogP contribution is -2.09. The zero-order valence-corrected chi connectivity index (χ0v) is 13.3. The van der Waals surface area contributed by atoms with Crippen molar-refractivity contribution < 1.29 is 19.4 Å². The third-order valence-electron chi connectivity index (χ3n) is 2.89. The van der Waals surface area contributed by atoms with E-state index in [4.69, 9.17) is 33.0 Å². The predicted molar refractivity (Wildman–Crippen MR) is 80.3 cm³/mol. The van der Waals surface area contributed by atoms with Crippen LogP contribution in [0.25, 0.3) is 0 Å². The van der Waals surface area contributed by atoms with Gasteiger partial charge >= 0.3 is 11.9 Å². The molecule has 0 unspecified atom stereocenters. The Morgan fingerprint density at radius 3 is 1.75 bits per heavy atom. The number of halogens is 2. The van der Waals surface area contributed by atoms with Gasteiger partial charge in [-0.15, -0.1) is 23.2 Å². The summed E-state index contributed by atoms with van der Waals surface area (Å²) in [4.78, 5) is 20.9. The fourth-order valence-electron chi connectivity index (χ4n) is 1.83. The number of unbranched alkanes of at least 4 members (excludes halogenated alkanes) is 7. The molecule has 0 saturated heterocycles. The third-order valence-corrected chi connectivity index (χ3v) is 3.14. The minimum absolute atomic E-state index is 0.0539. The molecular weight excluding hydrogens is 303 g/mol. The van der Waals surface area contributed by atoms with Crippen LogP contribution in [0.2, 0.25) is 0 Å². The molecule has 0 rings (SSSR count). The van der Waals surface area contributed by atoms with E-state index in [0.29, 0.717) is 6.42 Å². The summed E-state index contributed by atoms with van der Waals surface area (Å²) in [7, 11) is 0. The molecular formula is C14H24Cl2O4. The molecule has 0 aliphatic rings. The highest BCUT2D eigenvalue weighted by molar-refractivity contribution is 6.44. The monoisotopic (exact) mass is 326 g/mol. The molecule has 0 radical (unpaired) electrons. The molecule has 0 aromatic carbocycles. The Kier molecular flexibility index (Phi) is 13.2. The molecule has 0 saturated carbocycles. The van der Waals surface area contributed by atoms with Gasteiger partial charge in [0.2, 0.25) is 0 Å². The van der Waals surface area contributed by atoms with Gasteiger partial charge in [0, 0.05) is 12.8 Å². The van der Waals surface area contributed by atoms with Crippen molar-refractivity contribution in [3.8, 4) is 0 Å². The highest BCUT2D eigenvalue weighted by atomic mass is 35.5. The van der Waals surface area contributed by atoms with Gasteiger partial charge < -0.3 is 9.84 Å². The van der Waals surface area contributed by atoms with Crippen LogP contribution in [0, 0.1) is 0 Å². The van der Waals surface area contributed by atoms with Gasteiger partial charge in [0.15, 0.2) is 0 Å². The van der Waals surface area contributed by atoms with Crippen molar-refractivity contribution >= 4 is 35.1 Å². The van der Waals surface area contributed by atoms with Gasteiger partial charge in [-0.25, -0.2) is 0 Å². The smallest absolute Gasteiger partial charge is 0.305 e. The van der Waals surface area contributed by atoms with Crippen LogP contribution in [0.3, 0.4) is 0 Å². The minimum atomic E-state index is -0.716. The summed E-state index contributed by atoms with van der Waals surface area (Å²) in [6, 6.07) is 0. The summed E-state index contributed by atoms with van der Waals surface area (Å²) in [5.41, 5.74) is 0. The molecule has 0 heterocycles. The van der Waals surface area contributed by atoms with E-state index >= 15 is 0 Å². The molecule has 0 aliphatic carbocycles. The Morgan fingerprint density at radius 2 is 1.30 bits per heavy atom. The van der Waals surface area contributed by atoms with Gasteiger partial charge in [-0.1, -0.05) is 38.5 Å². The first-order chi connectivity index (χ1) is 9.52. The molecule has 0 bridgehead atoms. The average molecular weight is 327 g/mol. The Hall–Kier alpha value is -0.480. The molecule has 0 aliphatic heterocycles. The van der Waals surface area contributed by atoms with E-state index in [2.05, 4.69) is 0 Å². The second-order valence-electron chi connectivity index (χ2n) is 4.80. The largest absolute Gasteiger partial charge is 0.481 e. The molecule has 0 spiro atoms. The van der Waals surface area contributed by atoms with Crippen LogP contribution in [0.15, 0.2) is 0 Å². The number of hydrogen-bond acceptors (Lipinski definition) is 3. The molecule has 4 nitrogen and oxygen atoms in total. The zero-order chi connectivity index (χ0) is 15.2. The molecule has 0 fully saturated rings. The molecule has 6 heteroatoms. The van der Waals surface area contributed by atoms with E-state index in [-0.39, 0.29) is 19.0 Å². The maximum absolute atomic E-state index is 11.2. The first-order valence-corrected chi connectivity index (χ1v) is 8.05. The van der Waals surface area contributed by atoms with Crippen molar-refractivity contribution in [3.63, 3.8) is 0 Å². The summed E-state index contributed by atoms with van der Waals surface area (Å²) < 4.78 is 4.84. The maximum Gasteiger partial charge on any atom is 0.305 e. The number of esters is 1. The van der Waals surface area contributed by atoms with E-state index in [0.717, 1.165) is 51.4 Å². The number of aliphatic carboxylic acids is 1. The molecule has 0 amide bonds. The molecule has 0 atom stereocenters. The van der Waals surface area contributed by atoms with Crippen molar-refractivity contribution in [3.05, 3.63) is 0 Å². The number of alkyl halides is 2. The van der Waals surface area contributed by atoms with Crippen molar-refractivity contribution in [2.24, 2.45) is 0 Å². The van der Waals surface area contributed by atoms with E-state index < -0.39 is 10.8 Å². The number of carboxylic acids is 1. The van der Waals surface area contributed by atoms with Crippen LogP contribution >= 0.6 is 23.2 Å². The van der Waals surface area contributed by atoms with Gasteiger partial charge in [0.1, 0.15) is 11.4 Å².